The molecule has 0 spiro atoms. The predicted molar refractivity (Wildman–Crippen MR) is 80.7 cm³/mol. The molecule has 8 heteroatoms. The number of nitrogens with one attached hydrogen (secondary N) is 1. The van der Waals surface area contributed by atoms with Gasteiger partial charge >= 0.3 is 5.69 Å². The summed E-state index contributed by atoms with van der Waals surface area (Å²) < 4.78 is 0. The number of carbonyl (C=O) groups is 1. The number of hydrogen-bond donors (Lipinski definition) is 1. The van der Waals surface area contributed by atoms with E-state index in [1.807, 2.05) is 12.3 Å². The van der Waals surface area contributed by atoms with E-state index in [1.165, 1.54) is 29.5 Å². The molecule has 1 N–H and O–H groups in total. The first-order valence-electron chi connectivity index (χ1n) is 6.17. The van der Waals surface area contributed by atoms with Gasteiger partial charge in [0.25, 0.3) is 5.91 Å². The molecule has 110 valence electrons. The molecule has 1 heterocycles. The van der Waals surface area contributed by atoms with Crippen LogP contribution in [0.3, 0.4) is 0 Å². The van der Waals surface area contributed by atoms with E-state index in [1.54, 1.807) is 6.20 Å². The largest absolute Gasteiger partial charge is 0.343 e. The Morgan fingerprint density at radius 3 is 2.90 bits per heavy atom. The van der Waals surface area contributed by atoms with E-state index >= 15 is 0 Å². The lowest BCUT2D eigenvalue weighted by molar-refractivity contribution is -0.385. The van der Waals surface area contributed by atoms with Crippen LogP contribution in [0.25, 0.3) is 0 Å². The van der Waals surface area contributed by atoms with Crippen molar-refractivity contribution in [3.63, 3.8) is 0 Å². The van der Waals surface area contributed by atoms with E-state index in [0.717, 1.165) is 5.01 Å². The minimum absolute atomic E-state index is 0.0532. The fourth-order valence-corrected chi connectivity index (χ4v) is 2.88. The maximum atomic E-state index is 12.3. The van der Waals surface area contributed by atoms with Crippen LogP contribution >= 0.6 is 22.9 Å². The number of aromatic nitrogens is 1. The van der Waals surface area contributed by atoms with Crippen LogP contribution in [-0.4, -0.2) is 15.8 Å². The Hall–Kier alpha value is -1.99. The molecule has 2 rings (SSSR count). The van der Waals surface area contributed by atoms with Crippen LogP contribution < -0.4 is 5.32 Å². The molecular weight excluding hydrogens is 314 g/mol. The number of halogens is 1. The highest BCUT2D eigenvalue weighted by molar-refractivity contribution is 7.09. The second-order valence-corrected chi connectivity index (χ2v) is 5.53. The van der Waals surface area contributed by atoms with Crippen molar-refractivity contribution in [2.45, 2.75) is 19.4 Å². The number of amides is 1. The van der Waals surface area contributed by atoms with Gasteiger partial charge in [0.15, 0.2) is 0 Å². The number of nitrogens with zero attached hydrogens (tertiary/aromatic N) is 2. The molecule has 0 saturated carbocycles. The van der Waals surface area contributed by atoms with Gasteiger partial charge in [0.2, 0.25) is 0 Å². The lowest BCUT2D eigenvalue weighted by Crippen LogP contribution is -2.28. The van der Waals surface area contributed by atoms with E-state index in [4.69, 9.17) is 11.6 Å². The average molecular weight is 326 g/mol. The lowest BCUT2D eigenvalue weighted by Gasteiger charge is -2.14. The minimum Gasteiger partial charge on any atom is -0.343 e. The monoisotopic (exact) mass is 325 g/mol. The van der Waals surface area contributed by atoms with Gasteiger partial charge in [0.05, 0.1) is 11.0 Å². The SMILES string of the molecule is CCC(NC(=O)c1cccc(Cl)c1[N+](=O)[O-])c1nccs1. The number of para-hydroxylation sites is 1. The highest BCUT2D eigenvalue weighted by atomic mass is 35.5. The summed E-state index contributed by atoms with van der Waals surface area (Å²) in [6.45, 7) is 1.90. The molecule has 6 nitrogen and oxygen atoms in total. The summed E-state index contributed by atoms with van der Waals surface area (Å²) in [7, 11) is 0. The van der Waals surface area contributed by atoms with Crippen LogP contribution in [0.2, 0.25) is 5.02 Å². The van der Waals surface area contributed by atoms with Crippen molar-refractivity contribution >= 4 is 34.5 Å². The number of hydrogen-bond acceptors (Lipinski definition) is 5. The molecule has 2 aromatic rings. The summed E-state index contributed by atoms with van der Waals surface area (Å²) in [4.78, 5) is 26.9. The van der Waals surface area contributed by atoms with Crippen molar-refractivity contribution in [3.05, 3.63) is 55.5 Å². The van der Waals surface area contributed by atoms with Gasteiger partial charge in [0, 0.05) is 11.6 Å². The van der Waals surface area contributed by atoms with Crippen molar-refractivity contribution in [3.8, 4) is 0 Å². The van der Waals surface area contributed by atoms with Crippen LogP contribution in [0.15, 0.2) is 29.8 Å². The molecule has 1 aromatic heterocycles. The molecule has 1 aromatic carbocycles. The van der Waals surface area contributed by atoms with Gasteiger partial charge in [-0.15, -0.1) is 11.3 Å². The van der Waals surface area contributed by atoms with Crippen molar-refractivity contribution in [2.24, 2.45) is 0 Å². The molecule has 0 saturated heterocycles. The Morgan fingerprint density at radius 2 is 2.33 bits per heavy atom. The third-order valence-corrected chi connectivity index (χ3v) is 4.07. The molecular formula is C13H12ClN3O3S. The fourth-order valence-electron chi connectivity index (χ4n) is 1.87. The highest BCUT2D eigenvalue weighted by Gasteiger charge is 2.25. The summed E-state index contributed by atoms with van der Waals surface area (Å²) in [5, 5.41) is 16.3. The van der Waals surface area contributed by atoms with E-state index in [0.29, 0.717) is 6.42 Å². The first-order valence-corrected chi connectivity index (χ1v) is 7.43. The number of thiazole rings is 1. The van der Waals surface area contributed by atoms with Gasteiger partial charge in [-0.3, -0.25) is 14.9 Å². The first kappa shape index (κ1) is 15.4. The Balaban J connectivity index is 2.29. The molecule has 0 radical (unpaired) electrons. The topological polar surface area (TPSA) is 85.1 Å². The van der Waals surface area contributed by atoms with Crippen LogP contribution in [0, 0.1) is 10.1 Å². The number of rotatable bonds is 5. The zero-order valence-electron chi connectivity index (χ0n) is 11.1. The van der Waals surface area contributed by atoms with Crippen molar-refractivity contribution in [1.29, 1.82) is 0 Å². The summed E-state index contributed by atoms with van der Waals surface area (Å²) in [5.74, 6) is -0.536. The highest BCUT2D eigenvalue weighted by Crippen LogP contribution is 2.29. The zero-order valence-corrected chi connectivity index (χ0v) is 12.6. The second-order valence-electron chi connectivity index (χ2n) is 4.20. The van der Waals surface area contributed by atoms with Gasteiger partial charge in [-0.25, -0.2) is 4.98 Å². The van der Waals surface area contributed by atoms with Crippen molar-refractivity contribution in [1.82, 2.24) is 10.3 Å². The Labute approximate surface area is 129 Å². The van der Waals surface area contributed by atoms with Crippen LogP contribution in [0.4, 0.5) is 5.69 Å². The number of carbonyl (C=O) groups excluding carboxylic acids is 1. The third-order valence-electron chi connectivity index (χ3n) is 2.88. The average Bonchev–Trinajstić information content (AvgIpc) is 2.97. The predicted octanol–water partition coefficient (Wildman–Crippen LogP) is 3.59. The number of benzene rings is 1. The molecule has 0 aliphatic rings. The number of nitro benzene ring substituents is 1. The van der Waals surface area contributed by atoms with E-state index in [9.17, 15) is 14.9 Å². The van der Waals surface area contributed by atoms with Crippen molar-refractivity contribution in [2.75, 3.05) is 0 Å². The van der Waals surface area contributed by atoms with Crippen LogP contribution in [0.5, 0.6) is 0 Å². The van der Waals surface area contributed by atoms with Gasteiger partial charge in [0.1, 0.15) is 15.6 Å². The molecule has 21 heavy (non-hydrogen) atoms. The summed E-state index contributed by atoms with van der Waals surface area (Å²) >= 11 is 7.23. The summed E-state index contributed by atoms with van der Waals surface area (Å²) in [5.41, 5.74) is -0.437. The molecule has 1 unspecified atom stereocenters. The molecule has 0 aliphatic carbocycles. The maximum Gasteiger partial charge on any atom is 0.300 e. The fraction of sp³-hybridized carbons (Fsp3) is 0.231. The van der Waals surface area contributed by atoms with Crippen molar-refractivity contribution < 1.29 is 9.72 Å². The normalized spacial score (nSPS) is 11.9. The van der Waals surface area contributed by atoms with Gasteiger partial charge in [-0.2, -0.15) is 0 Å². The van der Waals surface area contributed by atoms with Gasteiger partial charge < -0.3 is 5.32 Å². The zero-order chi connectivity index (χ0) is 15.4. The van der Waals surface area contributed by atoms with E-state index < -0.39 is 10.8 Å². The Kier molecular flexibility index (Phi) is 4.87. The smallest absolute Gasteiger partial charge is 0.300 e. The Bertz CT molecular complexity index is 661. The standard InChI is InChI=1S/C13H12ClN3O3S/c1-2-10(13-15-6-7-21-13)16-12(18)8-4-3-5-9(14)11(8)17(19)20/h3-7,10H,2H2,1H3,(H,16,18). The van der Waals surface area contributed by atoms with Gasteiger partial charge in [-0.1, -0.05) is 24.6 Å². The summed E-state index contributed by atoms with van der Waals surface area (Å²) in [6.07, 6.45) is 2.28. The van der Waals surface area contributed by atoms with Gasteiger partial charge in [-0.05, 0) is 18.6 Å². The Morgan fingerprint density at radius 1 is 1.57 bits per heavy atom. The molecule has 0 fully saturated rings. The second kappa shape index (κ2) is 6.64. The third kappa shape index (κ3) is 3.37. The van der Waals surface area contributed by atoms with E-state index in [-0.39, 0.29) is 22.3 Å². The van der Waals surface area contributed by atoms with E-state index in [2.05, 4.69) is 10.3 Å². The minimum atomic E-state index is -0.651. The lowest BCUT2D eigenvalue weighted by atomic mass is 10.1. The first-order chi connectivity index (χ1) is 10.0. The maximum absolute atomic E-state index is 12.3. The molecule has 1 amide bonds. The molecule has 0 bridgehead atoms. The molecule has 0 aliphatic heterocycles. The quantitative estimate of drug-likeness (QED) is 0.672. The number of nitro groups is 1. The van der Waals surface area contributed by atoms with Crippen LogP contribution in [0.1, 0.15) is 34.8 Å². The molecule has 1 atom stereocenters. The summed E-state index contributed by atoms with van der Waals surface area (Å²) in [6, 6.07) is 3.99. The van der Waals surface area contributed by atoms with Crippen LogP contribution in [-0.2, 0) is 0 Å².